The molecule has 1 aromatic carbocycles. The molecule has 0 aliphatic carbocycles. The van der Waals surface area contributed by atoms with Crippen molar-refractivity contribution in [1.82, 2.24) is 0 Å². The summed E-state index contributed by atoms with van der Waals surface area (Å²) in [6.07, 6.45) is 25.3. The van der Waals surface area contributed by atoms with Gasteiger partial charge in [0.05, 0.1) is 19.8 Å². The second-order valence-electron chi connectivity index (χ2n) is 9.99. The topological polar surface area (TPSA) is 70.8 Å². The third kappa shape index (κ3) is 23.7. The fourth-order valence-corrected chi connectivity index (χ4v) is 5.09. The number of nitrogens with two attached hydrogens (primary N) is 1. The predicted molar refractivity (Wildman–Crippen MR) is 154 cm³/mol. The summed E-state index contributed by atoms with van der Waals surface area (Å²) in [5.41, 5.74) is 6.57. The summed E-state index contributed by atoms with van der Waals surface area (Å²) in [5.74, 6) is 0. The number of rotatable bonds is 28. The van der Waals surface area contributed by atoms with Gasteiger partial charge < -0.3 is 19.5 Å². The van der Waals surface area contributed by atoms with Crippen molar-refractivity contribution in [3.63, 3.8) is 0 Å². The first-order valence-corrected chi connectivity index (χ1v) is 16.2. The van der Waals surface area contributed by atoms with Gasteiger partial charge in [0.25, 0.3) is 0 Å². The summed E-state index contributed by atoms with van der Waals surface area (Å²) < 4.78 is 27.2. The van der Waals surface area contributed by atoms with E-state index in [1.807, 2.05) is 6.07 Å². The highest BCUT2D eigenvalue weighted by Crippen LogP contribution is 2.23. The van der Waals surface area contributed by atoms with E-state index >= 15 is 0 Å². The Balaban J connectivity index is 1.65. The van der Waals surface area contributed by atoms with Gasteiger partial charge in [0.1, 0.15) is 0 Å². The van der Waals surface area contributed by atoms with Gasteiger partial charge in [-0.2, -0.15) is 0 Å². The van der Waals surface area contributed by atoms with Gasteiger partial charge in [-0.3, -0.25) is 4.57 Å². The van der Waals surface area contributed by atoms with Crippen LogP contribution in [-0.4, -0.2) is 26.4 Å². The first-order chi connectivity index (χ1) is 17.8. The molecular weight excluding hydrogens is 469 g/mol. The van der Waals surface area contributed by atoms with Crippen molar-refractivity contribution in [2.45, 2.75) is 129 Å². The predicted octanol–water partition coefficient (Wildman–Crippen LogP) is 9.00. The van der Waals surface area contributed by atoms with Gasteiger partial charge in [-0.1, -0.05) is 139 Å². The van der Waals surface area contributed by atoms with Crippen molar-refractivity contribution in [3.05, 3.63) is 35.9 Å². The molecule has 6 heteroatoms. The minimum Gasteiger partial charge on any atom is -0.377 e. The van der Waals surface area contributed by atoms with Crippen molar-refractivity contribution in [1.29, 1.82) is 0 Å². The highest BCUT2D eigenvalue weighted by Gasteiger charge is 1.99. The summed E-state index contributed by atoms with van der Waals surface area (Å²) in [7, 11) is -2.32. The largest absolute Gasteiger partial charge is 0.377 e. The zero-order valence-corrected chi connectivity index (χ0v) is 24.1. The highest BCUT2D eigenvalue weighted by atomic mass is 31.1. The Kier molecular flexibility index (Phi) is 25.3. The lowest BCUT2D eigenvalue weighted by Gasteiger charge is -2.05. The molecule has 0 aromatic heterocycles. The maximum absolute atomic E-state index is 11.3. The van der Waals surface area contributed by atoms with Crippen LogP contribution in [0.25, 0.3) is 0 Å². The Morgan fingerprint density at radius 1 is 0.528 bits per heavy atom. The summed E-state index contributed by atoms with van der Waals surface area (Å²) in [4.78, 5) is 0. The average molecular weight is 526 g/mol. The van der Waals surface area contributed by atoms with E-state index in [-0.39, 0.29) is 0 Å². The summed E-state index contributed by atoms with van der Waals surface area (Å²) >= 11 is 0. The molecule has 1 rings (SSSR count). The van der Waals surface area contributed by atoms with Crippen LogP contribution in [0.5, 0.6) is 0 Å². The molecule has 0 saturated carbocycles. The average Bonchev–Trinajstić information content (AvgIpc) is 2.90. The molecule has 36 heavy (non-hydrogen) atoms. The van der Waals surface area contributed by atoms with Crippen LogP contribution in [0.3, 0.4) is 0 Å². The maximum atomic E-state index is 11.3. The SMILES string of the molecule is NCCO[PH](=O)OCCCCCCCCCCCCCCCCCCCCCOCc1ccccc1. The summed E-state index contributed by atoms with van der Waals surface area (Å²) in [5, 5.41) is 0. The van der Waals surface area contributed by atoms with Gasteiger partial charge in [-0.15, -0.1) is 0 Å². The van der Waals surface area contributed by atoms with Crippen LogP contribution in [0.15, 0.2) is 30.3 Å². The molecule has 0 spiro atoms. The molecule has 2 N–H and O–H groups in total. The minimum atomic E-state index is -2.32. The van der Waals surface area contributed by atoms with E-state index in [1.165, 1.54) is 115 Å². The zero-order chi connectivity index (χ0) is 25.8. The lowest BCUT2D eigenvalue weighted by Crippen LogP contribution is -2.05. The van der Waals surface area contributed by atoms with E-state index in [0.29, 0.717) is 19.8 Å². The molecule has 0 heterocycles. The lowest BCUT2D eigenvalue weighted by molar-refractivity contribution is 0.116. The van der Waals surface area contributed by atoms with E-state index in [2.05, 4.69) is 24.3 Å². The molecule has 1 unspecified atom stereocenters. The number of hydrogen-bond donors (Lipinski definition) is 1. The van der Waals surface area contributed by atoms with Gasteiger partial charge in [-0.25, -0.2) is 0 Å². The normalized spacial score (nSPS) is 12.2. The molecule has 0 aliphatic rings. The summed E-state index contributed by atoms with van der Waals surface area (Å²) in [6.45, 7) is 2.87. The first-order valence-electron chi connectivity index (χ1n) is 14.9. The zero-order valence-electron chi connectivity index (χ0n) is 23.1. The van der Waals surface area contributed by atoms with Crippen molar-refractivity contribution in [2.75, 3.05) is 26.4 Å². The van der Waals surface area contributed by atoms with Gasteiger partial charge in [-0.05, 0) is 18.4 Å². The molecule has 1 atom stereocenters. The van der Waals surface area contributed by atoms with Crippen LogP contribution in [-0.2, 0) is 25.0 Å². The molecular formula is C30H56NO4P. The quantitative estimate of drug-likeness (QED) is 0.0873. The maximum Gasteiger partial charge on any atom is 0.319 e. The van der Waals surface area contributed by atoms with Gasteiger partial charge >= 0.3 is 8.25 Å². The fraction of sp³-hybridized carbons (Fsp3) is 0.800. The third-order valence-corrected chi connectivity index (χ3v) is 7.48. The second kappa shape index (κ2) is 27.3. The molecule has 0 saturated heterocycles. The highest BCUT2D eigenvalue weighted by molar-refractivity contribution is 7.33. The lowest BCUT2D eigenvalue weighted by atomic mass is 10.0. The van der Waals surface area contributed by atoms with Crippen LogP contribution in [0.1, 0.15) is 128 Å². The van der Waals surface area contributed by atoms with Crippen LogP contribution in [0.4, 0.5) is 0 Å². The molecule has 0 radical (unpaired) electrons. The van der Waals surface area contributed by atoms with E-state index in [9.17, 15) is 4.57 Å². The van der Waals surface area contributed by atoms with Crippen LogP contribution in [0, 0.1) is 0 Å². The Bertz CT molecular complexity index is 588. The standard InChI is InChI=1S/C30H56NO4P/c31-25-28-35-36(32)34-27-22-17-15-13-11-9-7-5-3-1-2-4-6-8-10-12-14-16-21-26-33-29-30-23-19-18-20-24-30/h18-20,23-24,36H,1-17,21-22,25-29,31H2. The number of ether oxygens (including phenoxy) is 1. The molecule has 0 fully saturated rings. The minimum absolute atomic E-state index is 0.311. The van der Waals surface area contributed by atoms with Gasteiger partial charge in [0.15, 0.2) is 0 Å². The molecule has 210 valence electrons. The Morgan fingerprint density at radius 3 is 1.36 bits per heavy atom. The van der Waals surface area contributed by atoms with Crippen molar-refractivity contribution in [3.8, 4) is 0 Å². The van der Waals surface area contributed by atoms with E-state index in [4.69, 9.17) is 19.5 Å². The molecule has 0 aliphatic heterocycles. The molecule has 0 amide bonds. The first kappa shape index (κ1) is 33.3. The second-order valence-corrected chi connectivity index (χ2v) is 11.1. The molecule has 5 nitrogen and oxygen atoms in total. The van der Waals surface area contributed by atoms with Crippen LogP contribution in [0.2, 0.25) is 0 Å². The Labute approximate surface area is 223 Å². The number of benzene rings is 1. The van der Waals surface area contributed by atoms with E-state index < -0.39 is 8.25 Å². The Morgan fingerprint density at radius 2 is 0.917 bits per heavy atom. The van der Waals surface area contributed by atoms with Crippen molar-refractivity contribution < 1.29 is 18.3 Å². The van der Waals surface area contributed by atoms with E-state index in [1.54, 1.807) is 0 Å². The number of hydrogen-bond acceptors (Lipinski definition) is 5. The molecule has 0 bridgehead atoms. The van der Waals surface area contributed by atoms with Gasteiger partial charge in [0, 0.05) is 13.2 Å². The van der Waals surface area contributed by atoms with Crippen molar-refractivity contribution in [2.24, 2.45) is 5.73 Å². The van der Waals surface area contributed by atoms with Crippen LogP contribution < -0.4 is 5.73 Å². The Hall–Kier alpha value is -0.710. The third-order valence-electron chi connectivity index (χ3n) is 6.60. The smallest absolute Gasteiger partial charge is 0.319 e. The van der Waals surface area contributed by atoms with Crippen molar-refractivity contribution >= 4 is 8.25 Å². The monoisotopic (exact) mass is 525 g/mol. The summed E-state index contributed by atoms with van der Waals surface area (Å²) in [6, 6.07) is 10.4. The fourth-order valence-electron chi connectivity index (χ4n) is 4.42. The molecule has 1 aromatic rings. The van der Waals surface area contributed by atoms with Gasteiger partial charge in [0.2, 0.25) is 0 Å². The van der Waals surface area contributed by atoms with Crippen LogP contribution >= 0.6 is 8.25 Å². The number of unbranched alkanes of at least 4 members (excludes halogenated alkanes) is 18. The van der Waals surface area contributed by atoms with E-state index in [0.717, 1.165) is 26.1 Å².